The van der Waals surface area contributed by atoms with Crippen molar-refractivity contribution in [2.75, 3.05) is 6.61 Å². The van der Waals surface area contributed by atoms with Crippen molar-refractivity contribution in [3.05, 3.63) is 144 Å². The molecule has 0 fully saturated rings. The highest BCUT2D eigenvalue weighted by atomic mass is 28.3. The Morgan fingerprint density at radius 3 is 1.64 bits per heavy atom. The summed E-state index contributed by atoms with van der Waals surface area (Å²) in [6, 6.07) is 40.1. The number of rotatable bonds is 16. The Kier molecular flexibility index (Phi) is 13.8. The van der Waals surface area contributed by atoms with Gasteiger partial charge in [-0.3, -0.25) is 4.99 Å². The maximum atomic E-state index is 11.7. The number of ether oxygens (including phenoxy) is 3. The molecule has 5 nitrogen and oxygen atoms in total. The molecule has 0 aliphatic rings. The second kappa shape index (κ2) is 18.2. The predicted octanol–water partition coefficient (Wildman–Crippen LogP) is 7.65. The van der Waals surface area contributed by atoms with Gasteiger partial charge >= 0.3 is 0 Å². The molecule has 0 radical (unpaired) electrons. The quantitative estimate of drug-likeness (QED) is 0.0795. The largest absolute Gasteiger partial charge is 0.388 e. The molecule has 4 aromatic rings. The highest BCUT2D eigenvalue weighted by Gasteiger charge is 2.34. The van der Waals surface area contributed by atoms with Crippen LogP contribution in [0.2, 0.25) is 19.6 Å². The molecule has 0 saturated carbocycles. The van der Waals surface area contributed by atoms with E-state index in [1.165, 1.54) is 0 Å². The fourth-order valence-electron chi connectivity index (χ4n) is 4.70. The number of aliphatic hydroxyl groups is 1. The van der Waals surface area contributed by atoms with Crippen molar-refractivity contribution in [3.8, 4) is 11.5 Å². The van der Waals surface area contributed by atoms with Crippen molar-refractivity contribution in [1.82, 2.24) is 0 Å². The summed E-state index contributed by atoms with van der Waals surface area (Å²) in [5.74, 6) is 3.41. The van der Waals surface area contributed by atoms with Gasteiger partial charge in [-0.1, -0.05) is 141 Å². The van der Waals surface area contributed by atoms with Gasteiger partial charge in [0.15, 0.2) is 0 Å². The number of hydrogen-bond acceptors (Lipinski definition) is 5. The highest BCUT2D eigenvalue weighted by molar-refractivity contribution is 6.83. The summed E-state index contributed by atoms with van der Waals surface area (Å²) in [7, 11) is -1.63. The maximum absolute atomic E-state index is 11.7. The molecule has 0 aromatic heterocycles. The van der Waals surface area contributed by atoms with Crippen LogP contribution < -0.4 is 0 Å². The van der Waals surface area contributed by atoms with Crippen LogP contribution in [0.15, 0.2) is 126 Å². The molecule has 4 aromatic carbocycles. The molecule has 0 saturated heterocycles. The highest BCUT2D eigenvalue weighted by Crippen LogP contribution is 2.20. The van der Waals surface area contributed by atoms with Gasteiger partial charge in [-0.05, 0) is 22.3 Å². The van der Waals surface area contributed by atoms with E-state index in [4.69, 9.17) is 19.2 Å². The number of nitrogens with zero attached hydrogens (tertiary/aromatic N) is 1. The Bertz CT molecular complexity index is 1480. The zero-order chi connectivity index (χ0) is 31.7. The number of benzene rings is 4. The molecule has 0 aliphatic carbocycles. The van der Waals surface area contributed by atoms with Crippen LogP contribution in [0.25, 0.3) is 0 Å². The topological polar surface area (TPSA) is 60.3 Å². The average Bonchev–Trinajstić information content (AvgIpc) is 3.06. The van der Waals surface area contributed by atoms with Crippen molar-refractivity contribution in [1.29, 1.82) is 0 Å². The minimum atomic E-state index is -1.63. The van der Waals surface area contributed by atoms with Gasteiger partial charge in [0.25, 0.3) is 0 Å². The van der Waals surface area contributed by atoms with Crippen molar-refractivity contribution in [2.24, 2.45) is 4.99 Å². The Morgan fingerprint density at radius 2 is 1.13 bits per heavy atom. The molecule has 45 heavy (non-hydrogen) atoms. The zero-order valence-corrected chi connectivity index (χ0v) is 27.6. The molecular formula is C39H45NO4Si. The first-order valence-electron chi connectivity index (χ1n) is 15.6. The summed E-state index contributed by atoms with van der Waals surface area (Å²) in [5, 5.41) is 11.7. The van der Waals surface area contributed by atoms with Crippen LogP contribution in [0, 0.1) is 11.5 Å². The Labute approximate surface area is 269 Å². The summed E-state index contributed by atoms with van der Waals surface area (Å²) in [5.41, 5.74) is 8.38. The summed E-state index contributed by atoms with van der Waals surface area (Å²) in [6.45, 7) is 8.25. The first-order valence-corrected chi connectivity index (χ1v) is 19.1. The van der Waals surface area contributed by atoms with Gasteiger partial charge in [0.1, 0.15) is 26.4 Å². The van der Waals surface area contributed by atoms with Crippen molar-refractivity contribution >= 4 is 13.8 Å². The van der Waals surface area contributed by atoms with E-state index in [1.807, 2.05) is 109 Å². The number of aliphatic hydroxyl groups excluding tert-OH is 1. The molecule has 1 N–H and O–H groups in total. The van der Waals surface area contributed by atoms with Crippen LogP contribution in [-0.2, 0) is 40.6 Å². The van der Waals surface area contributed by atoms with E-state index in [-0.39, 0.29) is 6.61 Å². The van der Waals surface area contributed by atoms with E-state index in [2.05, 4.69) is 43.2 Å². The molecule has 0 unspecified atom stereocenters. The monoisotopic (exact) mass is 619 g/mol. The smallest absolute Gasteiger partial charge is 0.129 e. The molecule has 0 aliphatic heterocycles. The second-order valence-corrected chi connectivity index (χ2v) is 16.8. The van der Waals surface area contributed by atoms with E-state index in [1.54, 1.807) is 0 Å². The third-order valence-electron chi connectivity index (χ3n) is 7.00. The maximum Gasteiger partial charge on any atom is 0.129 e. The lowest BCUT2D eigenvalue weighted by atomic mass is 10.0. The van der Waals surface area contributed by atoms with E-state index >= 15 is 0 Å². The van der Waals surface area contributed by atoms with Crippen molar-refractivity contribution < 1.29 is 19.3 Å². The molecule has 234 valence electrons. The Hall–Kier alpha value is -3.83. The molecular weight excluding hydrogens is 575 g/mol. The predicted molar refractivity (Wildman–Crippen MR) is 185 cm³/mol. The summed E-state index contributed by atoms with van der Waals surface area (Å²) < 4.78 is 19.2. The molecule has 3 atom stereocenters. The lowest BCUT2D eigenvalue weighted by molar-refractivity contribution is -0.128. The molecule has 0 heterocycles. The van der Waals surface area contributed by atoms with Crippen molar-refractivity contribution in [3.63, 3.8) is 0 Å². The van der Waals surface area contributed by atoms with Crippen LogP contribution in [0.4, 0.5) is 0 Å². The van der Waals surface area contributed by atoms with Crippen molar-refractivity contribution in [2.45, 2.75) is 70.7 Å². The summed E-state index contributed by atoms with van der Waals surface area (Å²) in [4.78, 5) is 5.08. The van der Waals surface area contributed by atoms with Crippen LogP contribution in [-0.4, -0.2) is 43.8 Å². The third kappa shape index (κ3) is 12.6. The SMILES string of the molecule is C[Si](C)(C)C#CCC(=NCc1ccccc1)[C@H](OCc1ccccc1)[C@@H](OCc1ccccc1)[C@H](O)COCc1ccccc1. The fourth-order valence-corrected chi connectivity index (χ4v) is 5.32. The van der Waals surface area contributed by atoms with E-state index in [9.17, 15) is 5.11 Å². The van der Waals surface area contributed by atoms with Crippen LogP contribution >= 0.6 is 0 Å². The standard InChI is InChI=1S/C39H45NO4Si/c1-45(2,3)26-16-25-36(40-27-32-17-8-4-9-18-32)38(43-29-34-21-12-6-13-22-34)39(44-30-35-23-14-7-15-24-35)37(41)31-42-28-33-19-10-5-11-20-33/h4-15,17-24,37-39,41H,25,27-31H2,1-3H3/t37-,38+,39+/m1/s1. The van der Waals surface area contributed by atoms with Gasteiger partial charge < -0.3 is 19.3 Å². The fraction of sp³-hybridized carbons (Fsp3) is 0.308. The zero-order valence-electron chi connectivity index (χ0n) is 26.6. The first kappa shape index (κ1) is 34.0. The molecule has 0 amide bonds. The van der Waals surface area contributed by atoms with Crippen LogP contribution in [0.5, 0.6) is 0 Å². The van der Waals surface area contributed by atoms with E-state index in [0.29, 0.717) is 32.8 Å². The molecule has 0 bridgehead atoms. The lowest BCUT2D eigenvalue weighted by Gasteiger charge is -2.32. The first-order chi connectivity index (χ1) is 21.9. The van der Waals surface area contributed by atoms with Crippen LogP contribution in [0.1, 0.15) is 28.7 Å². The molecule has 4 rings (SSSR count). The average molecular weight is 620 g/mol. The summed E-state index contributed by atoms with van der Waals surface area (Å²) >= 11 is 0. The van der Waals surface area contributed by atoms with Gasteiger partial charge in [-0.25, -0.2) is 0 Å². The minimum absolute atomic E-state index is 0.0755. The van der Waals surface area contributed by atoms with Gasteiger partial charge in [0, 0.05) is 6.42 Å². The lowest BCUT2D eigenvalue weighted by Crippen LogP contribution is -2.47. The van der Waals surface area contributed by atoms with Gasteiger partial charge in [0.05, 0.1) is 38.7 Å². The van der Waals surface area contributed by atoms with Gasteiger partial charge in [-0.2, -0.15) is 0 Å². The van der Waals surface area contributed by atoms with Crippen LogP contribution in [0.3, 0.4) is 0 Å². The van der Waals surface area contributed by atoms with Gasteiger partial charge in [0.2, 0.25) is 0 Å². The minimum Gasteiger partial charge on any atom is -0.388 e. The third-order valence-corrected chi connectivity index (χ3v) is 7.93. The normalized spacial score (nSPS) is 13.8. The molecule has 0 spiro atoms. The molecule has 6 heteroatoms. The second-order valence-electron chi connectivity index (χ2n) is 12.1. The summed E-state index contributed by atoms with van der Waals surface area (Å²) in [6.07, 6.45) is -1.99. The van der Waals surface area contributed by atoms with Gasteiger partial charge in [-0.15, -0.1) is 11.5 Å². The van der Waals surface area contributed by atoms with E-state index < -0.39 is 26.4 Å². The Morgan fingerprint density at radius 1 is 0.667 bits per heavy atom. The Balaban J connectivity index is 1.67. The number of aliphatic imine (C=N–C) groups is 1. The van der Waals surface area contributed by atoms with E-state index in [0.717, 1.165) is 28.0 Å². The number of hydrogen-bond donors (Lipinski definition) is 1.